The average Bonchev–Trinajstić information content (AvgIpc) is 3.64. The monoisotopic (exact) mass is 801 g/mol. The number of aromatic hydroxyl groups is 1. The van der Waals surface area contributed by atoms with Crippen molar-refractivity contribution in [2.45, 2.75) is 79.9 Å². The van der Waals surface area contributed by atoms with Crippen molar-refractivity contribution >= 4 is 23.5 Å². The lowest BCUT2D eigenvalue weighted by Gasteiger charge is -2.46. The fourth-order valence-corrected chi connectivity index (χ4v) is 10.1. The summed E-state index contributed by atoms with van der Waals surface area (Å²) >= 11 is 0. The van der Waals surface area contributed by atoms with Crippen LogP contribution in [-0.2, 0) is 24.5 Å². The molecule has 1 aliphatic carbocycles. The van der Waals surface area contributed by atoms with Gasteiger partial charge in [0.2, 0.25) is 11.8 Å². The molecule has 0 unspecified atom stereocenters. The number of carbonyl (C=O) groups excluding carboxylic acids is 3. The summed E-state index contributed by atoms with van der Waals surface area (Å²) in [5.41, 5.74) is 1.29. The highest BCUT2D eigenvalue weighted by Crippen LogP contribution is 2.64. The number of amides is 2. The van der Waals surface area contributed by atoms with E-state index in [0.29, 0.717) is 40.8 Å². The second kappa shape index (κ2) is 16.1. The number of hydrogen-bond acceptors (Lipinski definition) is 8. The van der Waals surface area contributed by atoms with Gasteiger partial charge in [0.1, 0.15) is 28.9 Å². The number of aliphatic hydroxyl groups excluding tert-OH is 1. The molecule has 60 heavy (non-hydrogen) atoms. The number of aliphatic hydroxyl groups is 2. The first-order chi connectivity index (χ1) is 29.2. The van der Waals surface area contributed by atoms with E-state index in [2.05, 4.69) is 22.5 Å². The number of benzene rings is 5. The Hall–Kier alpha value is -6.25. The predicted octanol–water partition coefficient (Wildman–Crippen LogP) is 6.95. The van der Waals surface area contributed by atoms with Crippen LogP contribution in [0.1, 0.15) is 96.2 Å². The third-order valence-corrected chi connectivity index (χ3v) is 12.8. The van der Waals surface area contributed by atoms with E-state index in [1.807, 2.05) is 77.7 Å². The predicted molar refractivity (Wildman–Crippen MR) is 225 cm³/mol. The summed E-state index contributed by atoms with van der Waals surface area (Å²) < 4.78 is 6.48. The van der Waals surface area contributed by atoms with Crippen molar-refractivity contribution in [1.82, 2.24) is 10.2 Å². The van der Waals surface area contributed by atoms with Gasteiger partial charge in [-0.2, -0.15) is 0 Å². The lowest BCUT2D eigenvalue weighted by Crippen LogP contribution is -2.55. The third-order valence-electron chi connectivity index (χ3n) is 12.8. The van der Waals surface area contributed by atoms with Gasteiger partial charge in [-0.1, -0.05) is 128 Å². The van der Waals surface area contributed by atoms with Crippen LogP contribution in [0.2, 0.25) is 0 Å². The Bertz CT molecular complexity index is 2440. The molecule has 5 N–H and O–H groups in total. The van der Waals surface area contributed by atoms with E-state index in [0.717, 1.165) is 36.8 Å². The van der Waals surface area contributed by atoms with Crippen molar-refractivity contribution < 1.29 is 34.4 Å². The van der Waals surface area contributed by atoms with Crippen molar-refractivity contribution in [3.05, 3.63) is 167 Å². The molecule has 3 fully saturated rings. The molecule has 4 aliphatic rings. The van der Waals surface area contributed by atoms with Gasteiger partial charge in [0.15, 0.2) is 0 Å². The van der Waals surface area contributed by atoms with Crippen molar-refractivity contribution in [3.63, 3.8) is 0 Å². The average molecular weight is 802 g/mol. The third kappa shape index (κ3) is 6.92. The first kappa shape index (κ1) is 39.2. The first-order valence-corrected chi connectivity index (χ1v) is 20.8. The number of cyclic esters (lactones) is 1. The van der Waals surface area contributed by atoms with Crippen LogP contribution < -0.4 is 10.6 Å². The van der Waals surface area contributed by atoms with Gasteiger partial charge in [0.25, 0.3) is 0 Å². The van der Waals surface area contributed by atoms with Crippen LogP contribution in [0.25, 0.3) is 0 Å². The molecule has 5 aromatic carbocycles. The minimum absolute atomic E-state index is 0.0108. The second-order valence-electron chi connectivity index (χ2n) is 16.4. The number of rotatable bonds is 7. The molecule has 3 aliphatic heterocycles. The van der Waals surface area contributed by atoms with Gasteiger partial charge in [-0.05, 0) is 83.8 Å². The highest BCUT2D eigenvalue weighted by atomic mass is 16.6. The van der Waals surface area contributed by atoms with Crippen molar-refractivity contribution in [2.24, 2.45) is 5.92 Å². The van der Waals surface area contributed by atoms with Gasteiger partial charge in [0.05, 0.1) is 24.1 Å². The van der Waals surface area contributed by atoms with E-state index in [1.165, 1.54) is 0 Å². The van der Waals surface area contributed by atoms with Gasteiger partial charge >= 0.3 is 5.97 Å². The number of ether oxygens (including phenoxy) is 1. The zero-order chi connectivity index (χ0) is 41.4. The van der Waals surface area contributed by atoms with Gasteiger partial charge in [-0.25, -0.2) is 0 Å². The van der Waals surface area contributed by atoms with E-state index in [-0.39, 0.29) is 12.3 Å². The van der Waals surface area contributed by atoms with Crippen molar-refractivity contribution in [1.29, 1.82) is 0 Å². The quantitative estimate of drug-likeness (QED) is 0.0675. The minimum Gasteiger partial charge on any atom is -0.508 e. The SMILES string of the molecule is O=C1O[C@@H](c2ccccc2)[C@@H](c2ccccc2)N2[C@@H](c3ccc(O)cc3)[C@]3(C(=O)Nc4ccc(C#CC5(O)CCCCCC5)cc43)[C@@H](C(=O)NC[C@H](O)c3ccccc3)[C@H]12. The topological polar surface area (TPSA) is 148 Å². The molecule has 7 atom stereocenters. The summed E-state index contributed by atoms with van der Waals surface area (Å²) in [5, 5.41) is 39.4. The van der Waals surface area contributed by atoms with E-state index in [9.17, 15) is 20.1 Å². The Kier molecular flexibility index (Phi) is 10.5. The Labute approximate surface area is 349 Å². The van der Waals surface area contributed by atoms with E-state index < -0.39 is 65.1 Å². The van der Waals surface area contributed by atoms with E-state index in [1.54, 1.807) is 60.7 Å². The normalized spacial score (nSPS) is 26.1. The van der Waals surface area contributed by atoms with Gasteiger partial charge < -0.3 is 30.7 Å². The summed E-state index contributed by atoms with van der Waals surface area (Å²) in [6.07, 6.45) is 3.06. The van der Waals surface area contributed by atoms with Crippen LogP contribution >= 0.6 is 0 Å². The molecule has 10 nitrogen and oxygen atoms in total. The number of phenols is 1. The van der Waals surface area contributed by atoms with Crippen LogP contribution in [0.4, 0.5) is 5.69 Å². The minimum atomic E-state index is -1.77. The highest BCUT2D eigenvalue weighted by Gasteiger charge is 2.74. The summed E-state index contributed by atoms with van der Waals surface area (Å²) in [7, 11) is 0. The van der Waals surface area contributed by atoms with Gasteiger partial charge in [-0.15, -0.1) is 0 Å². The molecule has 2 amide bonds. The highest BCUT2D eigenvalue weighted by molar-refractivity contribution is 6.12. The standard InChI is InChI=1S/C50H47N3O7/c54-37-23-21-36(22-24-37)45-50(38-30-32(20-25-39(38)52-48(50)58)26-29-49(59)27-12-1-2-13-28-49)41(46(56)51-31-40(55)33-14-6-3-7-15-33)43-47(57)60-44(35-18-10-5-11-19-35)42(53(43)45)34-16-8-4-9-17-34/h3-11,14-25,30,40-45,54-55,59H,1-2,12-13,27-28,31H2,(H,51,56)(H,52,58)/t40-,41+,42+,43+,44-,45-,50+/m0/s1. The molecule has 3 heterocycles. The number of morpholine rings is 1. The molecule has 0 aromatic heterocycles. The van der Waals surface area contributed by atoms with Gasteiger partial charge in [0, 0.05) is 17.8 Å². The Morgan fingerprint density at radius 1 is 0.800 bits per heavy atom. The molecule has 0 radical (unpaired) electrons. The van der Waals surface area contributed by atoms with Crippen LogP contribution in [0.5, 0.6) is 5.75 Å². The van der Waals surface area contributed by atoms with Crippen LogP contribution in [0, 0.1) is 17.8 Å². The van der Waals surface area contributed by atoms with Crippen LogP contribution in [0.15, 0.2) is 133 Å². The summed E-state index contributed by atoms with van der Waals surface area (Å²) in [5.74, 6) is 3.23. The molecule has 1 saturated carbocycles. The van der Waals surface area contributed by atoms with Gasteiger partial charge in [-0.3, -0.25) is 19.3 Å². The summed E-state index contributed by atoms with van der Waals surface area (Å²) in [6.45, 7) is -0.186. The van der Waals surface area contributed by atoms with E-state index >= 15 is 9.59 Å². The summed E-state index contributed by atoms with van der Waals surface area (Å²) in [6, 6.07) is 37.0. The lowest BCUT2D eigenvalue weighted by atomic mass is 9.65. The van der Waals surface area contributed by atoms with Crippen LogP contribution in [-0.4, -0.2) is 56.2 Å². The fraction of sp³-hybridized carbons (Fsp3) is 0.300. The number of esters is 1. The largest absolute Gasteiger partial charge is 0.508 e. The maximum Gasteiger partial charge on any atom is 0.324 e. The molecule has 2 saturated heterocycles. The molecular weight excluding hydrogens is 755 g/mol. The fourth-order valence-electron chi connectivity index (χ4n) is 10.1. The molecule has 5 aromatic rings. The zero-order valence-electron chi connectivity index (χ0n) is 33.0. The Morgan fingerprint density at radius 2 is 1.43 bits per heavy atom. The van der Waals surface area contributed by atoms with Crippen molar-refractivity contribution in [3.8, 4) is 17.6 Å². The maximum absolute atomic E-state index is 15.4. The number of nitrogens with zero attached hydrogens (tertiary/aromatic N) is 1. The lowest BCUT2D eigenvalue weighted by molar-refractivity contribution is -0.178. The number of phenolic OH excluding ortho intramolecular Hbond substituents is 1. The smallest absolute Gasteiger partial charge is 0.324 e. The van der Waals surface area contributed by atoms with Crippen LogP contribution in [0.3, 0.4) is 0 Å². The number of carbonyl (C=O) groups is 3. The second-order valence-corrected chi connectivity index (χ2v) is 16.4. The molecule has 0 bridgehead atoms. The Balaban J connectivity index is 1.27. The summed E-state index contributed by atoms with van der Waals surface area (Å²) in [4.78, 5) is 47.6. The zero-order valence-corrected chi connectivity index (χ0v) is 33.0. The molecule has 9 rings (SSSR count). The van der Waals surface area contributed by atoms with E-state index in [4.69, 9.17) is 4.74 Å². The molecule has 1 spiro atoms. The molecule has 10 heteroatoms. The number of nitrogens with one attached hydrogen (secondary N) is 2. The maximum atomic E-state index is 15.4. The molecule has 304 valence electrons. The number of anilines is 1. The number of hydrogen-bond donors (Lipinski definition) is 5. The van der Waals surface area contributed by atoms with Crippen molar-refractivity contribution in [2.75, 3.05) is 11.9 Å². The Morgan fingerprint density at radius 3 is 2.10 bits per heavy atom. The first-order valence-electron chi connectivity index (χ1n) is 20.8. The number of fused-ring (bicyclic) bond motifs is 3. The molecular formula is C50H47N3O7.